The van der Waals surface area contributed by atoms with Crippen molar-refractivity contribution in [2.75, 3.05) is 11.9 Å². The van der Waals surface area contributed by atoms with E-state index in [4.69, 9.17) is 17.3 Å². The molecule has 3 nitrogen and oxygen atoms in total. The SMILES string of the molecule is Cc1cccc(CN(C)c2ccc(Cl)cc2CC(C)N)n1. The van der Waals surface area contributed by atoms with Crippen LogP contribution in [0.1, 0.15) is 23.9 Å². The van der Waals surface area contributed by atoms with Gasteiger partial charge in [-0.15, -0.1) is 0 Å². The molecule has 1 aromatic heterocycles. The molecule has 112 valence electrons. The number of hydrogen-bond acceptors (Lipinski definition) is 3. The fraction of sp³-hybridized carbons (Fsp3) is 0.353. The third kappa shape index (κ3) is 4.45. The van der Waals surface area contributed by atoms with Crippen LogP contribution in [-0.2, 0) is 13.0 Å². The molecule has 2 rings (SSSR count). The predicted molar refractivity (Wildman–Crippen MR) is 89.9 cm³/mol. The third-order valence-electron chi connectivity index (χ3n) is 3.34. The fourth-order valence-corrected chi connectivity index (χ4v) is 2.65. The minimum absolute atomic E-state index is 0.104. The third-order valence-corrected chi connectivity index (χ3v) is 3.57. The number of hydrogen-bond donors (Lipinski definition) is 1. The summed E-state index contributed by atoms with van der Waals surface area (Å²) >= 11 is 6.11. The molecule has 1 unspecified atom stereocenters. The standard InChI is InChI=1S/C17H22ClN3/c1-12(19)9-14-10-15(18)7-8-17(14)21(3)11-16-6-4-5-13(2)20-16/h4-8,10,12H,9,11,19H2,1-3H3. The van der Waals surface area contributed by atoms with Gasteiger partial charge in [-0.25, -0.2) is 0 Å². The van der Waals surface area contributed by atoms with Gasteiger partial charge in [-0.2, -0.15) is 0 Å². The highest BCUT2D eigenvalue weighted by atomic mass is 35.5. The molecule has 0 fully saturated rings. The van der Waals surface area contributed by atoms with E-state index in [1.807, 2.05) is 44.2 Å². The average molecular weight is 304 g/mol. The largest absolute Gasteiger partial charge is 0.368 e. The molecule has 1 heterocycles. The van der Waals surface area contributed by atoms with E-state index in [0.29, 0.717) is 0 Å². The van der Waals surface area contributed by atoms with Gasteiger partial charge in [-0.1, -0.05) is 17.7 Å². The highest BCUT2D eigenvalue weighted by Gasteiger charge is 2.11. The summed E-state index contributed by atoms with van der Waals surface area (Å²) in [5, 5.41) is 0.747. The van der Waals surface area contributed by atoms with Crippen LogP contribution in [0.25, 0.3) is 0 Å². The van der Waals surface area contributed by atoms with Crippen molar-refractivity contribution in [3.63, 3.8) is 0 Å². The number of aromatic nitrogens is 1. The van der Waals surface area contributed by atoms with Crippen molar-refractivity contribution in [3.8, 4) is 0 Å². The van der Waals surface area contributed by atoms with Gasteiger partial charge >= 0.3 is 0 Å². The Balaban J connectivity index is 2.23. The summed E-state index contributed by atoms with van der Waals surface area (Å²) in [6.07, 6.45) is 0.807. The highest BCUT2D eigenvalue weighted by molar-refractivity contribution is 6.30. The second-order valence-electron chi connectivity index (χ2n) is 5.58. The molecule has 0 bridgehead atoms. The van der Waals surface area contributed by atoms with Gasteiger partial charge < -0.3 is 10.6 Å². The van der Waals surface area contributed by atoms with Crippen LogP contribution in [0.3, 0.4) is 0 Å². The van der Waals surface area contributed by atoms with E-state index in [-0.39, 0.29) is 6.04 Å². The Kier molecular flexibility index (Phi) is 5.21. The van der Waals surface area contributed by atoms with Gasteiger partial charge in [0.05, 0.1) is 12.2 Å². The first kappa shape index (κ1) is 15.8. The fourth-order valence-electron chi connectivity index (χ4n) is 2.45. The molecule has 0 saturated carbocycles. The number of anilines is 1. The maximum Gasteiger partial charge on any atom is 0.0600 e. The zero-order valence-electron chi connectivity index (χ0n) is 12.8. The molecule has 2 aromatic rings. The van der Waals surface area contributed by atoms with Gasteiger partial charge in [0, 0.05) is 29.5 Å². The Morgan fingerprint density at radius 1 is 1.29 bits per heavy atom. The monoisotopic (exact) mass is 303 g/mol. The molecule has 1 aromatic carbocycles. The lowest BCUT2D eigenvalue weighted by Crippen LogP contribution is -2.22. The summed E-state index contributed by atoms with van der Waals surface area (Å²) in [6, 6.07) is 12.2. The van der Waals surface area contributed by atoms with Gasteiger partial charge in [0.25, 0.3) is 0 Å². The Morgan fingerprint density at radius 3 is 2.71 bits per heavy atom. The quantitative estimate of drug-likeness (QED) is 0.918. The Morgan fingerprint density at radius 2 is 2.05 bits per heavy atom. The zero-order valence-corrected chi connectivity index (χ0v) is 13.6. The number of aryl methyl sites for hydroxylation is 1. The lowest BCUT2D eigenvalue weighted by Gasteiger charge is -2.23. The van der Waals surface area contributed by atoms with Crippen LogP contribution in [0.5, 0.6) is 0 Å². The Bertz CT molecular complexity index is 611. The number of benzene rings is 1. The van der Waals surface area contributed by atoms with Gasteiger partial charge in [-0.3, -0.25) is 4.98 Å². The maximum absolute atomic E-state index is 6.11. The maximum atomic E-state index is 6.11. The number of nitrogens with two attached hydrogens (primary N) is 1. The molecule has 0 spiro atoms. The molecule has 0 aliphatic heterocycles. The summed E-state index contributed by atoms with van der Waals surface area (Å²) in [4.78, 5) is 6.74. The first-order valence-corrected chi connectivity index (χ1v) is 7.51. The zero-order chi connectivity index (χ0) is 15.4. The minimum atomic E-state index is 0.104. The van der Waals surface area contributed by atoms with Gasteiger partial charge in [0.15, 0.2) is 0 Å². The number of nitrogens with zero attached hydrogens (tertiary/aromatic N) is 2. The van der Waals surface area contributed by atoms with Crippen molar-refractivity contribution in [3.05, 3.63) is 58.4 Å². The first-order chi connectivity index (χ1) is 9.95. The second kappa shape index (κ2) is 6.92. The Hall–Kier alpha value is -1.58. The van der Waals surface area contributed by atoms with E-state index in [0.717, 1.165) is 35.1 Å². The van der Waals surface area contributed by atoms with Crippen LogP contribution in [0, 0.1) is 6.92 Å². The number of pyridine rings is 1. The number of rotatable bonds is 5. The normalized spacial score (nSPS) is 12.2. The summed E-state index contributed by atoms with van der Waals surface area (Å²) < 4.78 is 0. The first-order valence-electron chi connectivity index (χ1n) is 7.13. The van der Waals surface area contributed by atoms with Gasteiger partial charge in [-0.05, 0) is 56.2 Å². The molecular formula is C17H22ClN3. The van der Waals surface area contributed by atoms with Crippen LogP contribution in [0.2, 0.25) is 5.02 Å². The summed E-state index contributed by atoms with van der Waals surface area (Å²) in [5.74, 6) is 0. The van der Waals surface area contributed by atoms with Crippen LogP contribution < -0.4 is 10.6 Å². The van der Waals surface area contributed by atoms with E-state index in [1.54, 1.807) is 0 Å². The van der Waals surface area contributed by atoms with Crippen molar-refractivity contribution < 1.29 is 0 Å². The van der Waals surface area contributed by atoms with E-state index in [2.05, 4.69) is 23.0 Å². The molecule has 0 amide bonds. The van der Waals surface area contributed by atoms with Crippen molar-refractivity contribution in [2.45, 2.75) is 32.9 Å². The lowest BCUT2D eigenvalue weighted by atomic mass is 10.0. The van der Waals surface area contributed by atoms with Crippen LogP contribution in [0.15, 0.2) is 36.4 Å². The topological polar surface area (TPSA) is 42.1 Å². The van der Waals surface area contributed by atoms with E-state index in [9.17, 15) is 0 Å². The van der Waals surface area contributed by atoms with E-state index >= 15 is 0 Å². The average Bonchev–Trinajstić information content (AvgIpc) is 2.37. The minimum Gasteiger partial charge on any atom is -0.368 e. The molecule has 0 radical (unpaired) electrons. The predicted octanol–water partition coefficient (Wildman–Crippen LogP) is 3.57. The molecular weight excluding hydrogens is 282 g/mol. The molecule has 21 heavy (non-hydrogen) atoms. The lowest BCUT2D eigenvalue weighted by molar-refractivity contribution is 0.733. The molecule has 0 aliphatic rings. The number of halogens is 1. The van der Waals surface area contributed by atoms with Crippen molar-refractivity contribution >= 4 is 17.3 Å². The molecule has 2 N–H and O–H groups in total. The Labute approximate surface area is 131 Å². The molecule has 0 saturated heterocycles. The van der Waals surface area contributed by atoms with Crippen molar-refractivity contribution in [2.24, 2.45) is 5.73 Å². The molecule has 0 aliphatic carbocycles. The molecule has 4 heteroatoms. The van der Waals surface area contributed by atoms with E-state index < -0.39 is 0 Å². The van der Waals surface area contributed by atoms with Gasteiger partial charge in [0.1, 0.15) is 0 Å². The van der Waals surface area contributed by atoms with E-state index in [1.165, 1.54) is 5.56 Å². The smallest absolute Gasteiger partial charge is 0.0600 e. The van der Waals surface area contributed by atoms with Crippen molar-refractivity contribution in [1.29, 1.82) is 0 Å². The van der Waals surface area contributed by atoms with Crippen LogP contribution in [-0.4, -0.2) is 18.1 Å². The molecule has 1 atom stereocenters. The highest BCUT2D eigenvalue weighted by Crippen LogP contribution is 2.25. The van der Waals surface area contributed by atoms with Crippen LogP contribution >= 0.6 is 11.6 Å². The summed E-state index contributed by atoms with van der Waals surface area (Å²) in [5.41, 5.74) is 10.4. The summed E-state index contributed by atoms with van der Waals surface area (Å²) in [7, 11) is 2.07. The summed E-state index contributed by atoms with van der Waals surface area (Å²) in [6.45, 7) is 4.77. The van der Waals surface area contributed by atoms with Crippen LogP contribution in [0.4, 0.5) is 5.69 Å². The van der Waals surface area contributed by atoms with Gasteiger partial charge in [0.2, 0.25) is 0 Å². The van der Waals surface area contributed by atoms with Crippen molar-refractivity contribution in [1.82, 2.24) is 4.98 Å². The second-order valence-corrected chi connectivity index (χ2v) is 6.02.